The first-order valence-corrected chi connectivity index (χ1v) is 7.69. The Labute approximate surface area is 151 Å². The maximum Gasteiger partial charge on any atom is 0.416 e. The third-order valence-corrected chi connectivity index (χ3v) is 3.68. The molecule has 0 atom stereocenters. The van der Waals surface area contributed by atoms with Crippen LogP contribution in [0.3, 0.4) is 0 Å². The molecule has 0 saturated heterocycles. The molecule has 0 aliphatic heterocycles. The van der Waals surface area contributed by atoms with E-state index in [2.05, 4.69) is 10.4 Å². The molecule has 2 N–H and O–H groups in total. The van der Waals surface area contributed by atoms with Gasteiger partial charge in [-0.25, -0.2) is 4.68 Å². The highest BCUT2D eigenvalue weighted by atomic mass is 19.4. The van der Waals surface area contributed by atoms with Gasteiger partial charge in [0.25, 0.3) is 5.91 Å². The van der Waals surface area contributed by atoms with E-state index in [0.717, 1.165) is 16.8 Å². The van der Waals surface area contributed by atoms with Crippen LogP contribution in [0, 0.1) is 0 Å². The summed E-state index contributed by atoms with van der Waals surface area (Å²) >= 11 is 0. The number of hydrogen-bond acceptors (Lipinski definition) is 4. The van der Waals surface area contributed by atoms with E-state index in [1.165, 1.54) is 49.7 Å². The van der Waals surface area contributed by atoms with Crippen molar-refractivity contribution in [2.45, 2.75) is 6.18 Å². The van der Waals surface area contributed by atoms with Crippen molar-refractivity contribution in [3.63, 3.8) is 0 Å². The molecule has 0 spiro atoms. The van der Waals surface area contributed by atoms with Crippen LogP contribution in [0.1, 0.15) is 16.1 Å². The van der Waals surface area contributed by atoms with Gasteiger partial charge in [0, 0.05) is 5.69 Å². The lowest BCUT2D eigenvalue weighted by molar-refractivity contribution is -0.137. The molecular formula is C18H14F3N3O3. The van der Waals surface area contributed by atoms with Gasteiger partial charge in [-0.15, -0.1) is 0 Å². The number of benzene rings is 2. The number of phenolic OH excluding ortho intramolecular Hbond substituents is 1. The zero-order valence-electron chi connectivity index (χ0n) is 14.0. The number of hydrogen-bond donors (Lipinski definition) is 2. The maximum absolute atomic E-state index is 12.9. The van der Waals surface area contributed by atoms with E-state index in [4.69, 9.17) is 4.74 Å². The molecule has 27 heavy (non-hydrogen) atoms. The summed E-state index contributed by atoms with van der Waals surface area (Å²) in [5, 5.41) is 15.9. The Bertz CT molecular complexity index is 966. The van der Waals surface area contributed by atoms with Gasteiger partial charge in [-0.1, -0.05) is 6.07 Å². The number of carbonyl (C=O) groups is 1. The van der Waals surface area contributed by atoms with Gasteiger partial charge in [0.15, 0.2) is 11.4 Å². The number of alkyl halides is 3. The maximum atomic E-state index is 12.9. The zero-order chi connectivity index (χ0) is 19.6. The van der Waals surface area contributed by atoms with E-state index in [0.29, 0.717) is 5.69 Å². The number of methoxy groups -OCH3 is 1. The highest BCUT2D eigenvalue weighted by Gasteiger charge is 2.30. The second-order valence-corrected chi connectivity index (χ2v) is 5.54. The number of aromatic nitrogens is 2. The lowest BCUT2D eigenvalue weighted by atomic mass is 10.2. The van der Waals surface area contributed by atoms with E-state index >= 15 is 0 Å². The molecule has 3 rings (SSSR count). The van der Waals surface area contributed by atoms with Gasteiger partial charge in [-0.3, -0.25) is 4.79 Å². The molecule has 140 valence electrons. The third kappa shape index (κ3) is 4.02. The lowest BCUT2D eigenvalue weighted by Gasteiger charge is -2.08. The van der Waals surface area contributed by atoms with Crippen LogP contribution in [0.4, 0.5) is 18.9 Å². The fraction of sp³-hybridized carbons (Fsp3) is 0.111. The minimum atomic E-state index is -4.49. The third-order valence-electron chi connectivity index (χ3n) is 3.68. The van der Waals surface area contributed by atoms with Crippen LogP contribution in [0.15, 0.2) is 54.7 Å². The summed E-state index contributed by atoms with van der Waals surface area (Å²) in [6.07, 6.45) is -3.17. The van der Waals surface area contributed by atoms with Crippen molar-refractivity contribution in [1.29, 1.82) is 0 Å². The Kier molecular flexibility index (Phi) is 4.76. The molecule has 3 aromatic rings. The van der Waals surface area contributed by atoms with E-state index in [9.17, 15) is 23.1 Å². The summed E-state index contributed by atoms with van der Waals surface area (Å²) in [6.45, 7) is 0. The molecule has 6 nitrogen and oxygen atoms in total. The van der Waals surface area contributed by atoms with Gasteiger partial charge < -0.3 is 15.2 Å². The van der Waals surface area contributed by atoms with Gasteiger partial charge in [-0.05, 0) is 42.5 Å². The number of carbonyl (C=O) groups excluding carboxylic acids is 1. The molecule has 0 unspecified atom stereocenters. The summed E-state index contributed by atoms with van der Waals surface area (Å²) in [6, 6.07) is 10.3. The molecule has 0 fully saturated rings. The Morgan fingerprint density at radius 2 is 1.89 bits per heavy atom. The Hall–Kier alpha value is -3.49. The predicted molar refractivity (Wildman–Crippen MR) is 91.2 cm³/mol. The standard InChI is InChI=1S/C18H14F3N3O3/c1-27-15-10-24(13-4-2-3-11(9-13)18(19,20)21)23-16(15)17(26)22-12-5-7-14(25)8-6-12/h2-10,25H,1H3,(H,22,26). The van der Waals surface area contributed by atoms with Crippen molar-refractivity contribution < 1.29 is 27.8 Å². The monoisotopic (exact) mass is 377 g/mol. The number of phenols is 1. The van der Waals surface area contributed by atoms with Gasteiger partial charge >= 0.3 is 6.18 Å². The van der Waals surface area contributed by atoms with Gasteiger partial charge in [0.05, 0.1) is 24.6 Å². The second-order valence-electron chi connectivity index (χ2n) is 5.54. The van der Waals surface area contributed by atoms with Crippen molar-refractivity contribution >= 4 is 11.6 Å². The van der Waals surface area contributed by atoms with Gasteiger partial charge in [-0.2, -0.15) is 18.3 Å². The highest BCUT2D eigenvalue weighted by molar-refractivity contribution is 6.04. The first-order valence-electron chi connectivity index (χ1n) is 7.69. The van der Waals surface area contributed by atoms with Crippen molar-refractivity contribution in [3.8, 4) is 17.2 Å². The fourth-order valence-corrected chi connectivity index (χ4v) is 2.36. The number of nitrogens with zero attached hydrogens (tertiary/aromatic N) is 2. The van der Waals surface area contributed by atoms with E-state index < -0.39 is 17.6 Å². The summed E-state index contributed by atoms with van der Waals surface area (Å²) in [5.74, 6) is -0.466. The molecule has 0 aliphatic carbocycles. The van der Waals surface area contributed by atoms with Crippen molar-refractivity contribution in [3.05, 3.63) is 66.0 Å². The number of anilines is 1. The van der Waals surface area contributed by atoms with Crippen LogP contribution in [0.25, 0.3) is 5.69 Å². The van der Waals surface area contributed by atoms with Gasteiger partial charge in [0.2, 0.25) is 0 Å². The number of rotatable bonds is 4. The van der Waals surface area contributed by atoms with E-state index in [-0.39, 0.29) is 22.9 Å². The topological polar surface area (TPSA) is 76.4 Å². The highest BCUT2D eigenvalue weighted by Crippen LogP contribution is 2.31. The summed E-state index contributed by atoms with van der Waals surface area (Å²) in [5.41, 5.74) is -0.382. The fourth-order valence-electron chi connectivity index (χ4n) is 2.36. The van der Waals surface area contributed by atoms with Crippen molar-refractivity contribution in [2.24, 2.45) is 0 Å². The molecule has 0 aliphatic rings. The Morgan fingerprint density at radius 3 is 2.52 bits per heavy atom. The molecule has 1 heterocycles. The largest absolute Gasteiger partial charge is 0.508 e. The average Bonchev–Trinajstić information content (AvgIpc) is 3.08. The summed E-state index contributed by atoms with van der Waals surface area (Å²) in [4.78, 5) is 12.4. The summed E-state index contributed by atoms with van der Waals surface area (Å²) in [7, 11) is 1.32. The van der Waals surface area contributed by atoms with Crippen molar-refractivity contribution in [1.82, 2.24) is 9.78 Å². The summed E-state index contributed by atoms with van der Waals surface area (Å²) < 4.78 is 44.9. The first kappa shape index (κ1) is 18.3. The minimum Gasteiger partial charge on any atom is -0.508 e. The predicted octanol–water partition coefficient (Wildman–Crippen LogP) is 3.86. The van der Waals surface area contributed by atoms with E-state index in [1.54, 1.807) is 0 Å². The quantitative estimate of drug-likeness (QED) is 0.677. The molecule has 1 aromatic heterocycles. The van der Waals surface area contributed by atoms with Crippen molar-refractivity contribution in [2.75, 3.05) is 12.4 Å². The smallest absolute Gasteiger partial charge is 0.416 e. The second kappa shape index (κ2) is 7.02. The first-order chi connectivity index (χ1) is 12.8. The van der Waals surface area contributed by atoms with Crippen LogP contribution in [0.5, 0.6) is 11.5 Å². The van der Waals surface area contributed by atoms with Crippen LogP contribution in [0.2, 0.25) is 0 Å². The van der Waals surface area contributed by atoms with Crippen LogP contribution >= 0.6 is 0 Å². The number of aromatic hydroxyl groups is 1. The molecule has 9 heteroatoms. The van der Waals surface area contributed by atoms with E-state index in [1.807, 2.05) is 0 Å². The molecule has 0 saturated carbocycles. The number of amides is 1. The number of nitrogens with one attached hydrogen (secondary N) is 1. The Morgan fingerprint density at radius 1 is 1.19 bits per heavy atom. The molecule has 1 amide bonds. The normalized spacial score (nSPS) is 11.3. The molecular weight excluding hydrogens is 363 g/mol. The van der Waals surface area contributed by atoms with Gasteiger partial charge in [0.1, 0.15) is 5.75 Å². The van der Waals surface area contributed by atoms with Crippen LogP contribution in [-0.2, 0) is 6.18 Å². The minimum absolute atomic E-state index is 0.0411. The average molecular weight is 377 g/mol. The number of ether oxygens (including phenoxy) is 1. The molecule has 2 aromatic carbocycles. The zero-order valence-corrected chi connectivity index (χ0v) is 14.0. The SMILES string of the molecule is COc1cn(-c2cccc(C(F)(F)F)c2)nc1C(=O)Nc1ccc(O)cc1. The van der Waals surface area contributed by atoms with Crippen LogP contribution in [-0.4, -0.2) is 27.9 Å². The van der Waals surface area contributed by atoms with Crippen LogP contribution < -0.4 is 10.1 Å². The lowest BCUT2D eigenvalue weighted by Crippen LogP contribution is -2.14. The molecule has 0 bridgehead atoms. The number of halogens is 3. The molecule has 0 radical (unpaired) electrons. The Balaban J connectivity index is 1.91.